The molecule has 0 aromatic heterocycles. The van der Waals surface area contributed by atoms with Crippen molar-refractivity contribution in [1.82, 2.24) is 0 Å². The fraction of sp³-hybridized carbons (Fsp3) is 0.364. The number of hydrogen-bond acceptors (Lipinski definition) is 2. The first-order valence-electron chi connectivity index (χ1n) is 4.77. The van der Waals surface area contributed by atoms with Crippen LogP contribution in [0.1, 0.15) is 24.8 Å². The molecule has 1 aromatic rings. The Bertz CT molecular complexity index is 330. The molecular formula is C11H13NO2. The summed E-state index contributed by atoms with van der Waals surface area (Å²) in [5.74, 6) is 0. The molecule has 3 heteroatoms. The second-order valence-electron chi connectivity index (χ2n) is 3.63. The summed E-state index contributed by atoms with van der Waals surface area (Å²) in [7, 11) is 0. The highest BCUT2D eigenvalue weighted by Crippen LogP contribution is 2.44. The van der Waals surface area contributed by atoms with Crippen LogP contribution >= 0.6 is 0 Å². The first kappa shape index (κ1) is 9.06. The zero-order valence-corrected chi connectivity index (χ0v) is 7.90. The molecule has 0 atom stereocenters. The van der Waals surface area contributed by atoms with E-state index in [-0.39, 0.29) is 0 Å². The molecule has 0 saturated heterocycles. The van der Waals surface area contributed by atoms with E-state index < -0.39 is 11.7 Å². The van der Waals surface area contributed by atoms with Gasteiger partial charge in [-0.3, -0.25) is 0 Å². The summed E-state index contributed by atoms with van der Waals surface area (Å²) in [6, 6.07) is 9.78. The first-order chi connectivity index (χ1) is 6.73. The van der Waals surface area contributed by atoms with Crippen molar-refractivity contribution in [1.29, 1.82) is 0 Å². The molecule has 0 unspecified atom stereocenters. The molecule has 0 aliphatic heterocycles. The van der Waals surface area contributed by atoms with E-state index in [1.165, 1.54) is 0 Å². The van der Waals surface area contributed by atoms with Gasteiger partial charge in [-0.25, -0.2) is 4.79 Å². The molecule has 3 nitrogen and oxygen atoms in total. The minimum atomic E-state index is -0.687. The fourth-order valence-electron chi connectivity index (χ4n) is 1.88. The number of primary amides is 1. The van der Waals surface area contributed by atoms with Crippen LogP contribution in [-0.2, 0) is 10.3 Å². The van der Waals surface area contributed by atoms with Crippen molar-refractivity contribution in [3.8, 4) is 0 Å². The number of hydrogen-bond donors (Lipinski definition) is 1. The summed E-state index contributed by atoms with van der Waals surface area (Å²) in [6.45, 7) is 0. The maximum absolute atomic E-state index is 10.8. The van der Waals surface area contributed by atoms with Crippen molar-refractivity contribution < 1.29 is 9.53 Å². The van der Waals surface area contributed by atoms with Crippen molar-refractivity contribution in [2.45, 2.75) is 24.9 Å². The lowest BCUT2D eigenvalue weighted by Crippen LogP contribution is -2.40. The van der Waals surface area contributed by atoms with E-state index in [2.05, 4.69) is 0 Å². The van der Waals surface area contributed by atoms with Crippen molar-refractivity contribution in [2.24, 2.45) is 5.73 Å². The van der Waals surface area contributed by atoms with E-state index in [0.29, 0.717) is 0 Å². The van der Waals surface area contributed by atoms with Gasteiger partial charge in [0.1, 0.15) is 5.60 Å². The Hall–Kier alpha value is -1.51. The summed E-state index contributed by atoms with van der Waals surface area (Å²) in [5, 5.41) is 0. The van der Waals surface area contributed by atoms with E-state index in [1.807, 2.05) is 30.3 Å². The normalized spacial score (nSPS) is 18.3. The highest BCUT2D eigenvalue weighted by molar-refractivity contribution is 5.65. The van der Waals surface area contributed by atoms with Gasteiger partial charge in [0, 0.05) is 0 Å². The van der Waals surface area contributed by atoms with Crippen LogP contribution in [0.2, 0.25) is 0 Å². The summed E-state index contributed by atoms with van der Waals surface area (Å²) in [4.78, 5) is 10.8. The third-order valence-corrected chi connectivity index (χ3v) is 2.76. The Kier molecular flexibility index (Phi) is 2.15. The van der Waals surface area contributed by atoms with E-state index >= 15 is 0 Å². The van der Waals surface area contributed by atoms with Crippen LogP contribution in [0, 0.1) is 0 Å². The molecule has 1 aromatic carbocycles. The van der Waals surface area contributed by atoms with E-state index in [0.717, 1.165) is 24.8 Å². The number of carbonyl (C=O) groups is 1. The molecular weight excluding hydrogens is 178 g/mol. The summed E-state index contributed by atoms with van der Waals surface area (Å²) in [5.41, 5.74) is 5.67. The van der Waals surface area contributed by atoms with Gasteiger partial charge in [-0.05, 0) is 24.8 Å². The average Bonchev–Trinajstić information content (AvgIpc) is 2.12. The summed E-state index contributed by atoms with van der Waals surface area (Å²) >= 11 is 0. The summed E-state index contributed by atoms with van der Waals surface area (Å²) < 4.78 is 5.20. The van der Waals surface area contributed by atoms with E-state index in [4.69, 9.17) is 10.5 Å². The number of carbonyl (C=O) groups excluding carboxylic acids is 1. The Morgan fingerprint density at radius 1 is 1.29 bits per heavy atom. The second-order valence-corrected chi connectivity index (χ2v) is 3.63. The zero-order chi connectivity index (χ0) is 10.0. The minimum Gasteiger partial charge on any atom is -0.438 e. The number of ether oxygens (including phenoxy) is 1. The lowest BCUT2D eigenvalue weighted by atomic mass is 9.75. The quantitative estimate of drug-likeness (QED) is 0.778. The predicted octanol–water partition coefficient (Wildman–Crippen LogP) is 2.16. The molecule has 1 aliphatic carbocycles. The van der Waals surface area contributed by atoms with Crippen LogP contribution in [0.4, 0.5) is 4.79 Å². The van der Waals surface area contributed by atoms with Crippen LogP contribution in [0.25, 0.3) is 0 Å². The van der Waals surface area contributed by atoms with Gasteiger partial charge in [0.2, 0.25) is 0 Å². The van der Waals surface area contributed by atoms with E-state index in [9.17, 15) is 4.79 Å². The second kappa shape index (κ2) is 3.33. The molecule has 1 fully saturated rings. The number of rotatable bonds is 2. The van der Waals surface area contributed by atoms with Crippen LogP contribution in [0.15, 0.2) is 30.3 Å². The largest absolute Gasteiger partial charge is 0.438 e. The molecule has 0 spiro atoms. The van der Waals surface area contributed by atoms with Gasteiger partial charge in [-0.15, -0.1) is 0 Å². The first-order valence-corrected chi connectivity index (χ1v) is 4.77. The molecule has 74 valence electrons. The number of amides is 1. The van der Waals surface area contributed by atoms with Crippen molar-refractivity contribution in [2.75, 3.05) is 0 Å². The van der Waals surface area contributed by atoms with Crippen LogP contribution in [0.5, 0.6) is 0 Å². The molecule has 2 rings (SSSR count). The third-order valence-electron chi connectivity index (χ3n) is 2.76. The third kappa shape index (κ3) is 1.45. The number of nitrogens with two attached hydrogens (primary N) is 1. The highest BCUT2D eigenvalue weighted by atomic mass is 16.6. The molecule has 2 N–H and O–H groups in total. The minimum absolute atomic E-state index is 0.437. The van der Waals surface area contributed by atoms with Crippen molar-refractivity contribution in [3.63, 3.8) is 0 Å². The Morgan fingerprint density at radius 2 is 1.93 bits per heavy atom. The zero-order valence-electron chi connectivity index (χ0n) is 7.90. The lowest BCUT2D eigenvalue weighted by molar-refractivity contribution is -0.0489. The topological polar surface area (TPSA) is 52.3 Å². The molecule has 1 saturated carbocycles. The fourth-order valence-corrected chi connectivity index (χ4v) is 1.88. The van der Waals surface area contributed by atoms with Crippen LogP contribution in [0.3, 0.4) is 0 Å². The van der Waals surface area contributed by atoms with E-state index in [1.54, 1.807) is 0 Å². The molecule has 0 bridgehead atoms. The molecule has 1 amide bonds. The predicted molar refractivity (Wildman–Crippen MR) is 52.6 cm³/mol. The molecule has 0 heterocycles. The average molecular weight is 191 g/mol. The highest BCUT2D eigenvalue weighted by Gasteiger charge is 2.42. The van der Waals surface area contributed by atoms with Gasteiger partial charge in [0.15, 0.2) is 0 Å². The van der Waals surface area contributed by atoms with Crippen LogP contribution < -0.4 is 5.73 Å². The van der Waals surface area contributed by atoms with Gasteiger partial charge in [0.05, 0.1) is 0 Å². The van der Waals surface area contributed by atoms with Gasteiger partial charge in [-0.1, -0.05) is 30.3 Å². The monoisotopic (exact) mass is 191 g/mol. The molecule has 0 radical (unpaired) electrons. The Labute approximate surface area is 82.9 Å². The van der Waals surface area contributed by atoms with Crippen LogP contribution in [-0.4, -0.2) is 6.09 Å². The lowest BCUT2D eigenvalue weighted by Gasteiger charge is -2.40. The van der Waals surface area contributed by atoms with Gasteiger partial charge < -0.3 is 10.5 Å². The maximum atomic E-state index is 10.8. The summed E-state index contributed by atoms with van der Waals surface area (Å²) in [6.07, 6.45) is 2.15. The Morgan fingerprint density at radius 3 is 2.36 bits per heavy atom. The van der Waals surface area contributed by atoms with Crippen molar-refractivity contribution >= 4 is 6.09 Å². The smallest absolute Gasteiger partial charge is 0.405 e. The van der Waals surface area contributed by atoms with Gasteiger partial charge in [0.25, 0.3) is 0 Å². The molecule has 14 heavy (non-hydrogen) atoms. The maximum Gasteiger partial charge on any atom is 0.405 e. The Balaban J connectivity index is 2.25. The SMILES string of the molecule is NC(=O)OC1(c2ccccc2)CCC1. The van der Waals surface area contributed by atoms with Crippen molar-refractivity contribution in [3.05, 3.63) is 35.9 Å². The number of benzene rings is 1. The standard InChI is InChI=1S/C11H13NO2/c12-10(13)14-11(7-4-8-11)9-5-2-1-3-6-9/h1-3,5-6H,4,7-8H2,(H2,12,13). The molecule has 1 aliphatic rings. The van der Waals surface area contributed by atoms with Gasteiger partial charge in [-0.2, -0.15) is 0 Å². The van der Waals surface area contributed by atoms with Gasteiger partial charge >= 0.3 is 6.09 Å².